The fourth-order valence-electron chi connectivity index (χ4n) is 4.30. The Kier molecular flexibility index (Phi) is 8.03. The molecule has 0 bridgehead atoms. The first-order valence-electron chi connectivity index (χ1n) is 12.0. The average Bonchev–Trinajstić information content (AvgIpc) is 3.14. The lowest BCUT2D eigenvalue weighted by Gasteiger charge is -2.28. The number of rotatable bonds is 8. The molecule has 0 saturated carbocycles. The lowest BCUT2D eigenvalue weighted by molar-refractivity contribution is -0.121. The van der Waals surface area contributed by atoms with Crippen LogP contribution < -0.4 is 11.0 Å². The number of carbonyl (C=O) groups is 1. The number of benzene rings is 2. The first kappa shape index (κ1) is 25.1. The summed E-state index contributed by atoms with van der Waals surface area (Å²) in [6.45, 7) is 6.23. The molecule has 7 nitrogen and oxygen atoms in total. The number of hydrogen-bond acceptors (Lipinski definition) is 4. The Bertz CT molecular complexity index is 1210. The van der Waals surface area contributed by atoms with Gasteiger partial charge >= 0.3 is 5.69 Å². The molecule has 1 fully saturated rings. The average molecular weight is 500 g/mol. The quantitative estimate of drug-likeness (QED) is 0.512. The van der Waals surface area contributed by atoms with E-state index in [1.165, 1.54) is 9.25 Å². The van der Waals surface area contributed by atoms with E-state index in [1.54, 1.807) is 24.3 Å². The summed E-state index contributed by atoms with van der Waals surface area (Å²) < 4.78 is 16.1. The van der Waals surface area contributed by atoms with Gasteiger partial charge in [0.05, 0.1) is 17.8 Å². The molecular weight excluding hydrogens is 469 g/mol. The zero-order valence-corrected chi connectivity index (χ0v) is 20.8. The van der Waals surface area contributed by atoms with Crippen LogP contribution in [0, 0.1) is 0 Å². The third-order valence-corrected chi connectivity index (χ3v) is 6.33. The second-order valence-electron chi connectivity index (χ2n) is 9.26. The number of piperidine rings is 1. The van der Waals surface area contributed by atoms with Gasteiger partial charge in [0.25, 0.3) is 0 Å². The van der Waals surface area contributed by atoms with E-state index in [-0.39, 0.29) is 24.1 Å². The van der Waals surface area contributed by atoms with E-state index in [0.717, 1.165) is 31.6 Å². The summed E-state index contributed by atoms with van der Waals surface area (Å²) in [6.07, 6.45) is 1.35. The van der Waals surface area contributed by atoms with Crippen LogP contribution in [0.15, 0.2) is 53.3 Å². The second-order valence-corrected chi connectivity index (χ2v) is 9.69. The summed E-state index contributed by atoms with van der Waals surface area (Å²) in [5.74, 6) is 0.114. The summed E-state index contributed by atoms with van der Waals surface area (Å²) in [6, 6.07) is 14.6. The summed E-state index contributed by atoms with van der Waals surface area (Å²) >= 11 is 6.16. The Labute approximate surface area is 209 Å². The predicted molar refractivity (Wildman–Crippen MR) is 135 cm³/mol. The molecule has 1 aromatic heterocycles. The number of nitrogens with zero attached hydrogens (tertiary/aromatic N) is 4. The van der Waals surface area contributed by atoms with Gasteiger partial charge < -0.3 is 10.2 Å². The van der Waals surface area contributed by atoms with Crippen LogP contribution in [-0.4, -0.2) is 57.0 Å². The lowest BCUT2D eigenvalue weighted by Crippen LogP contribution is -2.35. The summed E-state index contributed by atoms with van der Waals surface area (Å²) in [7, 11) is 0. The number of aromatic nitrogens is 3. The van der Waals surface area contributed by atoms with Crippen LogP contribution in [0.3, 0.4) is 0 Å². The number of halogens is 2. The van der Waals surface area contributed by atoms with Crippen molar-refractivity contribution in [2.75, 3.05) is 19.6 Å². The zero-order valence-electron chi connectivity index (χ0n) is 20.1. The van der Waals surface area contributed by atoms with Crippen molar-refractivity contribution >= 4 is 17.5 Å². The van der Waals surface area contributed by atoms with Gasteiger partial charge in [0.15, 0.2) is 0 Å². The third kappa shape index (κ3) is 6.38. The van der Waals surface area contributed by atoms with E-state index in [2.05, 4.69) is 15.3 Å². The molecule has 2 heterocycles. The van der Waals surface area contributed by atoms with Crippen molar-refractivity contribution in [2.45, 2.75) is 51.7 Å². The molecule has 0 spiro atoms. The number of hydrogen-bond donors (Lipinski definition) is 1. The third-order valence-electron chi connectivity index (χ3n) is 6.10. The van der Waals surface area contributed by atoms with Crippen molar-refractivity contribution in [3.05, 3.63) is 75.4 Å². The molecule has 0 atom stereocenters. The number of alkyl halides is 1. The molecule has 9 heteroatoms. The van der Waals surface area contributed by atoms with Crippen molar-refractivity contribution in [3.63, 3.8) is 0 Å². The van der Waals surface area contributed by atoms with Crippen LogP contribution in [0.2, 0.25) is 5.02 Å². The molecule has 1 N–H and O–H groups in total. The van der Waals surface area contributed by atoms with Crippen molar-refractivity contribution in [1.29, 1.82) is 0 Å². The molecule has 186 valence electrons. The summed E-state index contributed by atoms with van der Waals surface area (Å²) in [4.78, 5) is 28.2. The Morgan fingerprint density at radius 2 is 1.86 bits per heavy atom. The zero-order chi connectivity index (χ0) is 24.9. The Morgan fingerprint density at radius 3 is 2.51 bits per heavy atom. The Balaban J connectivity index is 1.57. The van der Waals surface area contributed by atoms with E-state index >= 15 is 0 Å². The molecule has 4 rings (SSSR count). The SMILES string of the molecule is CC(C)NC(=O)Cc1nn(-c2ccc(CCN3CCC(F)CC3)cc2)c(=O)n1-c1cccc(Cl)c1. The fourth-order valence-corrected chi connectivity index (χ4v) is 4.48. The van der Waals surface area contributed by atoms with Crippen LogP contribution in [0.1, 0.15) is 38.1 Å². The monoisotopic (exact) mass is 499 g/mol. The molecule has 35 heavy (non-hydrogen) atoms. The van der Waals surface area contributed by atoms with Gasteiger partial charge in [-0.3, -0.25) is 4.79 Å². The predicted octanol–water partition coefficient (Wildman–Crippen LogP) is 3.72. The molecule has 0 unspecified atom stereocenters. The lowest BCUT2D eigenvalue weighted by atomic mass is 10.1. The molecule has 1 amide bonds. The number of carbonyl (C=O) groups excluding carboxylic acids is 1. The fraction of sp³-hybridized carbons (Fsp3) is 0.423. The normalized spacial score (nSPS) is 15.0. The van der Waals surface area contributed by atoms with Crippen LogP contribution in [0.25, 0.3) is 11.4 Å². The molecule has 1 aliphatic rings. The van der Waals surface area contributed by atoms with Gasteiger partial charge in [0, 0.05) is 30.7 Å². The van der Waals surface area contributed by atoms with Gasteiger partial charge in [-0.15, -0.1) is 5.10 Å². The highest BCUT2D eigenvalue weighted by atomic mass is 35.5. The van der Waals surface area contributed by atoms with Crippen molar-refractivity contribution in [3.8, 4) is 11.4 Å². The van der Waals surface area contributed by atoms with Crippen molar-refractivity contribution < 1.29 is 9.18 Å². The van der Waals surface area contributed by atoms with E-state index in [1.807, 2.05) is 38.1 Å². The van der Waals surface area contributed by atoms with Gasteiger partial charge in [-0.05, 0) is 69.0 Å². The highest BCUT2D eigenvalue weighted by Gasteiger charge is 2.20. The van der Waals surface area contributed by atoms with E-state index in [4.69, 9.17) is 11.6 Å². The van der Waals surface area contributed by atoms with Gasteiger partial charge in [-0.25, -0.2) is 13.8 Å². The maximum Gasteiger partial charge on any atom is 0.355 e. The number of likely N-dealkylation sites (tertiary alicyclic amines) is 1. The molecule has 2 aromatic carbocycles. The molecule has 0 aliphatic carbocycles. The van der Waals surface area contributed by atoms with Crippen LogP contribution >= 0.6 is 11.6 Å². The maximum atomic E-state index is 13.4. The summed E-state index contributed by atoms with van der Waals surface area (Å²) in [5.41, 5.74) is 1.93. The minimum Gasteiger partial charge on any atom is -0.354 e. The number of nitrogens with one attached hydrogen (secondary N) is 1. The first-order chi connectivity index (χ1) is 16.8. The highest BCUT2D eigenvalue weighted by molar-refractivity contribution is 6.30. The summed E-state index contributed by atoms with van der Waals surface area (Å²) in [5, 5.41) is 7.84. The standard InChI is InChI=1S/C26H31ClFN5O2/c1-18(2)29-25(34)17-24-30-33(26(35)32(24)23-5-3-4-20(27)16-23)22-8-6-19(7-9-22)10-13-31-14-11-21(28)12-15-31/h3-9,16,18,21H,10-15,17H2,1-2H3,(H,29,34). The van der Waals surface area contributed by atoms with Gasteiger partial charge in [0.1, 0.15) is 12.0 Å². The smallest absolute Gasteiger partial charge is 0.354 e. The molecule has 3 aromatic rings. The minimum absolute atomic E-state index is 0.0215. The second kappa shape index (κ2) is 11.2. The van der Waals surface area contributed by atoms with Gasteiger partial charge in [-0.1, -0.05) is 29.8 Å². The van der Waals surface area contributed by atoms with Crippen molar-refractivity contribution in [1.82, 2.24) is 24.6 Å². The molecular formula is C26H31ClFN5O2. The first-order valence-corrected chi connectivity index (χ1v) is 12.4. The van der Waals surface area contributed by atoms with E-state index in [0.29, 0.717) is 35.1 Å². The maximum absolute atomic E-state index is 13.4. The van der Waals surface area contributed by atoms with Crippen LogP contribution in [-0.2, 0) is 17.6 Å². The van der Waals surface area contributed by atoms with Gasteiger partial charge in [0.2, 0.25) is 5.91 Å². The largest absolute Gasteiger partial charge is 0.355 e. The molecule has 1 aliphatic heterocycles. The Hall–Kier alpha value is -2.97. The molecule has 0 radical (unpaired) electrons. The highest BCUT2D eigenvalue weighted by Crippen LogP contribution is 2.17. The topological polar surface area (TPSA) is 72.2 Å². The molecule has 1 saturated heterocycles. The van der Waals surface area contributed by atoms with E-state index in [9.17, 15) is 14.0 Å². The minimum atomic E-state index is -0.670. The van der Waals surface area contributed by atoms with Crippen LogP contribution in [0.4, 0.5) is 4.39 Å². The van der Waals surface area contributed by atoms with E-state index < -0.39 is 6.17 Å². The Morgan fingerprint density at radius 1 is 1.14 bits per heavy atom. The van der Waals surface area contributed by atoms with Crippen LogP contribution in [0.5, 0.6) is 0 Å². The van der Waals surface area contributed by atoms with Crippen molar-refractivity contribution in [2.24, 2.45) is 0 Å². The van der Waals surface area contributed by atoms with Gasteiger partial charge in [-0.2, -0.15) is 4.68 Å². The number of amides is 1.